The maximum atomic E-state index is 12.5. The largest absolute Gasteiger partial charge is 0.495 e. The molecule has 166 valence electrons. The summed E-state index contributed by atoms with van der Waals surface area (Å²) in [6.07, 6.45) is 0. The topological polar surface area (TPSA) is 76.3 Å². The van der Waals surface area contributed by atoms with Crippen LogP contribution in [0.5, 0.6) is 5.75 Å². The second-order valence-corrected chi connectivity index (χ2v) is 8.40. The van der Waals surface area contributed by atoms with Crippen molar-refractivity contribution in [2.75, 3.05) is 57.0 Å². The van der Waals surface area contributed by atoms with Gasteiger partial charge in [0.25, 0.3) is 11.8 Å². The molecule has 1 aliphatic heterocycles. The van der Waals surface area contributed by atoms with Gasteiger partial charge in [0.15, 0.2) is 13.1 Å². The van der Waals surface area contributed by atoms with Gasteiger partial charge in [-0.2, -0.15) is 0 Å². The van der Waals surface area contributed by atoms with Crippen molar-refractivity contribution in [2.45, 2.75) is 20.8 Å². The van der Waals surface area contributed by atoms with Crippen molar-refractivity contribution in [1.29, 1.82) is 0 Å². The number of methoxy groups -OCH3 is 1. The van der Waals surface area contributed by atoms with E-state index in [2.05, 4.69) is 10.6 Å². The van der Waals surface area contributed by atoms with Gasteiger partial charge < -0.3 is 25.2 Å². The van der Waals surface area contributed by atoms with Crippen LogP contribution in [0.1, 0.15) is 16.7 Å². The van der Waals surface area contributed by atoms with E-state index in [0.29, 0.717) is 24.5 Å². The van der Waals surface area contributed by atoms with E-state index in [-0.39, 0.29) is 11.8 Å². The third-order valence-corrected chi connectivity index (χ3v) is 5.99. The van der Waals surface area contributed by atoms with Gasteiger partial charge in [-0.1, -0.05) is 18.2 Å². The van der Waals surface area contributed by atoms with Gasteiger partial charge in [-0.25, -0.2) is 0 Å². The van der Waals surface area contributed by atoms with Crippen LogP contribution in [-0.2, 0) is 9.59 Å². The van der Waals surface area contributed by atoms with Crippen molar-refractivity contribution in [3.8, 4) is 5.75 Å². The number of ether oxygens (including phenoxy) is 1. The number of aryl methyl sites for hydroxylation is 2. The SMILES string of the molecule is COc1ccc(C)cc1NC(=O)C[NH+]1CC[NH+](CC(=O)Nc2cccc(C)c2C)CC1. The number of amides is 2. The van der Waals surface area contributed by atoms with E-state index < -0.39 is 0 Å². The Balaban J connectivity index is 1.44. The average molecular weight is 427 g/mol. The first kappa shape index (κ1) is 22.8. The minimum absolute atomic E-state index is 0.0185. The molecule has 7 nitrogen and oxygen atoms in total. The van der Waals surface area contributed by atoms with Crippen molar-refractivity contribution >= 4 is 23.2 Å². The van der Waals surface area contributed by atoms with E-state index in [0.717, 1.165) is 43.0 Å². The van der Waals surface area contributed by atoms with Crippen LogP contribution in [0.15, 0.2) is 36.4 Å². The Morgan fingerprint density at radius 2 is 1.45 bits per heavy atom. The highest BCUT2D eigenvalue weighted by Crippen LogP contribution is 2.24. The van der Waals surface area contributed by atoms with Crippen LogP contribution >= 0.6 is 0 Å². The summed E-state index contributed by atoms with van der Waals surface area (Å²) in [6.45, 7) is 10.4. The predicted octanol–water partition coefficient (Wildman–Crippen LogP) is -0.0189. The van der Waals surface area contributed by atoms with Gasteiger partial charge in [-0.05, 0) is 55.7 Å². The molecule has 0 aliphatic carbocycles. The zero-order valence-corrected chi connectivity index (χ0v) is 18.9. The van der Waals surface area contributed by atoms with E-state index in [1.165, 1.54) is 15.4 Å². The van der Waals surface area contributed by atoms with Gasteiger partial charge in [0.05, 0.1) is 12.8 Å². The predicted molar refractivity (Wildman–Crippen MR) is 122 cm³/mol. The quantitative estimate of drug-likeness (QED) is 0.503. The van der Waals surface area contributed by atoms with Gasteiger partial charge in [0.2, 0.25) is 0 Å². The molecule has 0 atom stereocenters. The maximum absolute atomic E-state index is 12.5. The Labute approximate surface area is 184 Å². The average Bonchev–Trinajstić information content (AvgIpc) is 2.73. The maximum Gasteiger partial charge on any atom is 0.279 e. The number of quaternary nitrogens is 2. The molecule has 31 heavy (non-hydrogen) atoms. The molecule has 2 amide bonds. The van der Waals surface area contributed by atoms with Crippen molar-refractivity contribution in [2.24, 2.45) is 0 Å². The standard InChI is InChI=1S/C24H32N4O3/c1-17-8-9-22(31-4)21(14-17)26-24(30)16-28-12-10-27(11-13-28)15-23(29)25-20-7-5-6-18(2)19(20)3/h5-9,14H,10-13,15-16H2,1-4H3,(H,25,29)(H,26,30)/p+2. The number of rotatable bonds is 7. The fourth-order valence-electron chi connectivity index (χ4n) is 3.96. The molecule has 0 saturated carbocycles. The fraction of sp³-hybridized carbons (Fsp3) is 0.417. The third-order valence-electron chi connectivity index (χ3n) is 5.99. The van der Waals surface area contributed by atoms with Crippen molar-refractivity contribution < 1.29 is 24.1 Å². The number of carbonyl (C=O) groups is 2. The van der Waals surface area contributed by atoms with E-state index in [1.54, 1.807) is 7.11 Å². The van der Waals surface area contributed by atoms with E-state index in [1.807, 2.05) is 57.2 Å². The molecule has 1 aliphatic rings. The Bertz CT molecular complexity index is 936. The molecule has 2 aromatic rings. The molecule has 1 heterocycles. The molecule has 1 fully saturated rings. The first-order valence-corrected chi connectivity index (χ1v) is 10.8. The smallest absolute Gasteiger partial charge is 0.279 e. The number of piperazine rings is 1. The number of carbonyl (C=O) groups excluding carboxylic acids is 2. The second kappa shape index (κ2) is 10.4. The van der Waals surface area contributed by atoms with Crippen molar-refractivity contribution in [1.82, 2.24) is 0 Å². The summed E-state index contributed by atoms with van der Waals surface area (Å²) < 4.78 is 5.34. The molecule has 0 aromatic heterocycles. The molecule has 0 radical (unpaired) electrons. The van der Waals surface area contributed by atoms with Crippen molar-refractivity contribution in [3.05, 3.63) is 53.1 Å². The molecular formula is C24H34N4O3+2. The highest BCUT2D eigenvalue weighted by atomic mass is 16.5. The monoisotopic (exact) mass is 426 g/mol. The van der Waals surface area contributed by atoms with Gasteiger partial charge in [0, 0.05) is 5.69 Å². The fourth-order valence-corrected chi connectivity index (χ4v) is 3.96. The van der Waals surface area contributed by atoms with Crippen LogP contribution in [0.25, 0.3) is 0 Å². The lowest BCUT2D eigenvalue weighted by Gasteiger charge is -2.29. The summed E-state index contributed by atoms with van der Waals surface area (Å²) >= 11 is 0. The zero-order chi connectivity index (χ0) is 22.4. The van der Waals surface area contributed by atoms with E-state index >= 15 is 0 Å². The molecule has 0 bridgehead atoms. The second-order valence-electron chi connectivity index (χ2n) is 8.40. The summed E-state index contributed by atoms with van der Waals surface area (Å²) in [4.78, 5) is 27.5. The Hall–Kier alpha value is -2.90. The van der Waals surface area contributed by atoms with Crippen LogP contribution < -0.4 is 25.2 Å². The molecule has 3 rings (SSSR count). The van der Waals surface area contributed by atoms with Crippen LogP contribution in [-0.4, -0.2) is 58.2 Å². The van der Waals surface area contributed by atoms with Crippen LogP contribution in [0.2, 0.25) is 0 Å². The lowest BCUT2D eigenvalue weighted by Crippen LogP contribution is -3.28. The summed E-state index contributed by atoms with van der Waals surface area (Å²) in [5, 5.41) is 6.02. The molecule has 0 spiro atoms. The Morgan fingerprint density at radius 1 is 0.871 bits per heavy atom. The lowest BCUT2D eigenvalue weighted by molar-refractivity contribution is -1.00. The number of hydrogen-bond donors (Lipinski definition) is 4. The molecule has 4 N–H and O–H groups in total. The van der Waals surface area contributed by atoms with Crippen LogP contribution in [0, 0.1) is 20.8 Å². The number of nitrogens with one attached hydrogen (secondary N) is 4. The third kappa shape index (κ3) is 6.29. The summed E-state index contributed by atoms with van der Waals surface area (Å²) in [6, 6.07) is 11.7. The normalized spacial score (nSPS) is 18.3. The summed E-state index contributed by atoms with van der Waals surface area (Å²) in [7, 11) is 1.60. The zero-order valence-electron chi connectivity index (χ0n) is 18.9. The number of hydrogen-bond acceptors (Lipinski definition) is 3. The Morgan fingerprint density at radius 3 is 2.03 bits per heavy atom. The first-order chi connectivity index (χ1) is 14.9. The summed E-state index contributed by atoms with van der Waals surface area (Å²) in [5.41, 5.74) is 4.94. The minimum atomic E-state index is -0.0185. The summed E-state index contributed by atoms with van der Waals surface area (Å²) in [5.74, 6) is 0.685. The highest BCUT2D eigenvalue weighted by molar-refractivity contribution is 5.93. The van der Waals surface area contributed by atoms with Crippen LogP contribution in [0.4, 0.5) is 11.4 Å². The highest BCUT2D eigenvalue weighted by Gasteiger charge is 2.26. The van der Waals surface area contributed by atoms with E-state index in [9.17, 15) is 9.59 Å². The Kier molecular flexibility index (Phi) is 7.65. The molecule has 2 aromatic carbocycles. The van der Waals surface area contributed by atoms with E-state index in [4.69, 9.17) is 4.74 Å². The number of benzene rings is 2. The molecule has 1 saturated heterocycles. The van der Waals surface area contributed by atoms with Gasteiger partial charge in [-0.3, -0.25) is 9.59 Å². The minimum Gasteiger partial charge on any atom is -0.495 e. The van der Waals surface area contributed by atoms with Gasteiger partial charge in [-0.15, -0.1) is 0 Å². The van der Waals surface area contributed by atoms with Gasteiger partial charge in [0.1, 0.15) is 31.9 Å². The molecule has 0 unspecified atom stereocenters. The van der Waals surface area contributed by atoms with Gasteiger partial charge >= 0.3 is 0 Å². The number of anilines is 2. The lowest BCUT2D eigenvalue weighted by atomic mass is 10.1. The first-order valence-electron chi connectivity index (χ1n) is 10.8. The van der Waals surface area contributed by atoms with Crippen LogP contribution in [0.3, 0.4) is 0 Å². The molecule has 7 heteroatoms. The molecular weight excluding hydrogens is 392 g/mol. The van der Waals surface area contributed by atoms with Crippen molar-refractivity contribution in [3.63, 3.8) is 0 Å².